The summed E-state index contributed by atoms with van der Waals surface area (Å²) in [7, 11) is 0. The molecule has 1 heterocycles. The largest absolute Gasteiger partial charge is 0.368 e. The van der Waals surface area contributed by atoms with Crippen LogP contribution in [0.15, 0.2) is 42.5 Å². The lowest BCUT2D eigenvalue weighted by molar-refractivity contribution is -0.384. The van der Waals surface area contributed by atoms with Crippen molar-refractivity contribution < 1.29 is 9.85 Å². The van der Waals surface area contributed by atoms with Crippen LogP contribution in [0.1, 0.15) is 5.56 Å². The van der Waals surface area contributed by atoms with Gasteiger partial charge in [-0.1, -0.05) is 0 Å². The van der Waals surface area contributed by atoms with Crippen molar-refractivity contribution in [2.24, 2.45) is 0 Å². The molecule has 0 spiro atoms. The van der Waals surface area contributed by atoms with Gasteiger partial charge in [0.1, 0.15) is 5.69 Å². The third-order valence-electron chi connectivity index (χ3n) is 4.35. The number of hydrogen-bond donors (Lipinski definition) is 0. The molecule has 2 aromatic carbocycles. The molecule has 9 nitrogen and oxygen atoms in total. The van der Waals surface area contributed by atoms with E-state index in [1.165, 1.54) is 18.2 Å². The second-order valence-electron chi connectivity index (χ2n) is 5.82. The Kier molecular flexibility index (Phi) is 4.66. The molecule has 0 atom stereocenters. The van der Waals surface area contributed by atoms with Crippen LogP contribution in [0.2, 0.25) is 0 Å². The van der Waals surface area contributed by atoms with E-state index >= 15 is 0 Å². The van der Waals surface area contributed by atoms with Crippen molar-refractivity contribution in [2.75, 3.05) is 36.0 Å². The normalized spacial score (nSPS) is 14.0. The summed E-state index contributed by atoms with van der Waals surface area (Å²) in [4.78, 5) is 25.1. The van der Waals surface area contributed by atoms with Gasteiger partial charge in [-0.15, -0.1) is 0 Å². The van der Waals surface area contributed by atoms with Gasteiger partial charge in [0.2, 0.25) is 0 Å². The van der Waals surface area contributed by atoms with E-state index in [0.717, 1.165) is 5.69 Å². The summed E-state index contributed by atoms with van der Waals surface area (Å²) >= 11 is 0. The fraction of sp³-hybridized carbons (Fsp3) is 0.235. The van der Waals surface area contributed by atoms with E-state index in [4.69, 9.17) is 5.26 Å². The van der Waals surface area contributed by atoms with E-state index in [1.807, 2.05) is 11.0 Å². The first-order valence-electron chi connectivity index (χ1n) is 7.92. The molecular formula is C17H15N5O4. The molecule has 0 bridgehead atoms. The Morgan fingerprint density at radius 3 is 2.04 bits per heavy atom. The van der Waals surface area contributed by atoms with Crippen molar-refractivity contribution in [2.45, 2.75) is 0 Å². The molecular weight excluding hydrogens is 338 g/mol. The fourth-order valence-electron chi connectivity index (χ4n) is 3.00. The van der Waals surface area contributed by atoms with Gasteiger partial charge < -0.3 is 9.80 Å². The maximum absolute atomic E-state index is 11.3. The van der Waals surface area contributed by atoms with Crippen molar-refractivity contribution in [3.63, 3.8) is 0 Å². The number of hydrogen-bond acceptors (Lipinski definition) is 7. The molecule has 1 aliphatic rings. The maximum Gasteiger partial charge on any atom is 0.293 e. The number of piperazine rings is 1. The van der Waals surface area contributed by atoms with Gasteiger partial charge in [-0.2, -0.15) is 5.26 Å². The Bertz CT molecular complexity index is 883. The summed E-state index contributed by atoms with van der Waals surface area (Å²) in [5.41, 5.74) is 1.60. The van der Waals surface area contributed by atoms with Gasteiger partial charge in [0.05, 0.1) is 21.5 Å². The topological polar surface area (TPSA) is 117 Å². The number of anilines is 2. The first-order valence-corrected chi connectivity index (χ1v) is 7.92. The molecule has 1 saturated heterocycles. The SMILES string of the molecule is N#Cc1ccc(N2CCN(c3ccc([N+](=O)[O-])cc3)CC2)c([N+](=O)[O-])c1. The lowest BCUT2D eigenvalue weighted by Crippen LogP contribution is -2.46. The Morgan fingerprint density at radius 2 is 1.50 bits per heavy atom. The number of nitro groups is 2. The second-order valence-corrected chi connectivity index (χ2v) is 5.82. The molecule has 0 aliphatic carbocycles. The number of benzene rings is 2. The highest BCUT2D eigenvalue weighted by Gasteiger charge is 2.24. The van der Waals surface area contributed by atoms with Crippen molar-refractivity contribution in [1.82, 2.24) is 0 Å². The van der Waals surface area contributed by atoms with Gasteiger partial charge in [-0.25, -0.2) is 0 Å². The number of non-ortho nitro benzene ring substituents is 1. The van der Waals surface area contributed by atoms with Gasteiger partial charge in [0.25, 0.3) is 11.4 Å². The highest BCUT2D eigenvalue weighted by molar-refractivity contribution is 5.66. The van der Waals surface area contributed by atoms with Crippen LogP contribution in [-0.2, 0) is 0 Å². The third kappa shape index (κ3) is 3.39. The number of nitrogens with zero attached hydrogens (tertiary/aromatic N) is 5. The van der Waals surface area contributed by atoms with Crippen LogP contribution in [0, 0.1) is 31.6 Å². The Balaban J connectivity index is 1.73. The zero-order valence-electron chi connectivity index (χ0n) is 13.7. The van der Waals surface area contributed by atoms with Crippen LogP contribution in [0.25, 0.3) is 0 Å². The first kappa shape index (κ1) is 17.2. The van der Waals surface area contributed by atoms with Crippen LogP contribution in [-0.4, -0.2) is 36.0 Å². The van der Waals surface area contributed by atoms with Crippen LogP contribution in [0.5, 0.6) is 0 Å². The molecule has 132 valence electrons. The Labute approximate surface area is 149 Å². The minimum absolute atomic E-state index is 0.0422. The van der Waals surface area contributed by atoms with Gasteiger partial charge in [-0.05, 0) is 24.3 Å². The van der Waals surface area contributed by atoms with Gasteiger partial charge in [0.15, 0.2) is 0 Å². The quantitative estimate of drug-likeness (QED) is 0.612. The lowest BCUT2D eigenvalue weighted by Gasteiger charge is -2.37. The summed E-state index contributed by atoms with van der Waals surface area (Å²) in [6, 6.07) is 12.7. The Hall–Kier alpha value is -3.67. The molecule has 0 amide bonds. The maximum atomic E-state index is 11.3. The average Bonchev–Trinajstić information content (AvgIpc) is 2.67. The predicted octanol–water partition coefficient (Wildman–Crippen LogP) is 2.70. The number of rotatable bonds is 4. The van der Waals surface area contributed by atoms with E-state index in [1.54, 1.807) is 24.3 Å². The van der Waals surface area contributed by atoms with Gasteiger partial charge in [0, 0.05) is 50.1 Å². The molecule has 0 unspecified atom stereocenters. The van der Waals surface area contributed by atoms with Gasteiger partial charge >= 0.3 is 0 Å². The average molecular weight is 353 g/mol. The van der Waals surface area contributed by atoms with E-state index in [2.05, 4.69) is 4.90 Å². The standard InChI is InChI=1S/C17H15N5O4/c18-12-13-1-6-16(17(11-13)22(25)26)20-9-7-19(8-10-20)14-2-4-15(5-3-14)21(23)24/h1-6,11H,7-10H2. The third-order valence-corrected chi connectivity index (χ3v) is 4.35. The zero-order chi connectivity index (χ0) is 18.7. The van der Waals surface area contributed by atoms with Crippen LogP contribution >= 0.6 is 0 Å². The van der Waals surface area contributed by atoms with E-state index in [9.17, 15) is 20.2 Å². The molecule has 1 aliphatic heterocycles. The summed E-state index contributed by atoms with van der Waals surface area (Å²) < 4.78 is 0. The highest BCUT2D eigenvalue weighted by atomic mass is 16.6. The van der Waals surface area contributed by atoms with Crippen molar-refractivity contribution in [3.8, 4) is 6.07 Å². The van der Waals surface area contributed by atoms with Crippen molar-refractivity contribution in [3.05, 3.63) is 68.3 Å². The summed E-state index contributed by atoms with van der Waals surface area (Å²) in [5.74, 6) is 0. The van der Waals surface area contributed by atoms with Crippen LogP contribution in [0.4, 0.5) is 22.7 Å². The second kappa shape index (κ2) is 7.06. The first-order chi connectivity index (χ1) is 12.5. The molecule has 1 fully saturated rings. The predicted molar refractivity (Wildman–Crippen MR) is 95.3 cm³/mol. The molecule has 9 heteroatoms. The minimum Gasteiger partial charge on any atom is -0.368 e. The highest BCUT2D eigenvalue weighted by Crippen LogP contribution is 2.30. The van der Waals surface area contributed by atoms with Crippen molar-refractivity contribution in [1.29, 1.82) is 5.26 Å². The van der Waals surface area contributed by atoms with E-state index < -0.39 is 9.85 Å². The number of nitriles is 1. The van der Waals surface area contributed by atoms with E-state index in [0.29, 0.717) is 31.9 Å². The minimum atomic E-state index is -0.473. The van der Waals surface area contributed by atoms with Gasteiger partial charge in [-0.3, -0.25) is 20.2 Å². The Morgan fingerprint density at radius 1 is 0.885 bits per heavy atom. The zero-order valence-corrected chi connectivity index (χ0v) is 13.7. The lowest BCUT2D eigenvalue weighted by atomic mass is 10.1. The van der Waals surface area contributed by atoms with Crippen LogP contribution in [0.3, 0.4) is 0 Å². The molecule has 0 aromatic heterocycles. The molecule has 0 saturated carbocycles. The van der Waals surface area contributed by atoms with E-state index in [-0.39, 0.29) is 16.9 Å². The monoisotopic (exact) mass is 353 g/mol. The molecule has 0 N–H and O–H groups in total. The fourth-order valence-corrected chi connectivity index (χ4v) is 3.00. The smallest absolute Gasteiger partial charge is 0.293 e. The summed E-state index contributed by atoms with van der Waals surface area (Å²) in [6.45, 7) is 2.41. The molecule has 26 heavy (non-hydrogen) atoms. The number of nitro benzene ring substituents is 2. The molecule has 0 radical (unpaired) electrons. The molecule has 2 aromatic rings. The summed E-state index contributed by atoms with van der Waals surface area (Å²) in [5, 5.41) is 31.0. The summed E-state index contributed by atoms with van der Waals surface area (Å²) in [6.07, 6.45) is 0. The van der Waals surface area contributed by atoms with Crippen LogP contribution < -0.4 is 9.80 Å². The van der Waals surface area contributed by atoms with Crippen molar-refractivity contribution >= 4 is 22.7 Å². The molecule has 3 rings (SSSR count).